The van der Waals surface area contributed by atoms with Gasteiger partial charge in [-0.25, -0.2) is 19.7 Å². The van der Waals surface area contributed by atoms with Gasteiger partial charge in [-0.15, -0.1) is 11.3 Å². The van der Waals surface area contributed by atoms with Gasteiger partial charge in [0.25, 0.3) is 5.91 Å². The molecule has 1 N–H and O–H groups in total. The fourth-order valence-corrected chi connectivity index (χ4v) is 5.82. The molecule has 1 aliphatic rings. The summed E-state index contributed by atoms with van der Waals surface area (Å²) in [6.45, 7) is 8.03. The molecule has 0 bridgehead atoms. The summed E-state index contributed by atoms with van der Waals surface area (Å²) in [5.74, 6) is -1.16. The molecule has 1 fully saturated rings. The minimum absolute atomic E-state index is 0.184. The zero-order valence-corrected chi connectivity index (χ0v) is 21.4. The highest BCUT2D eigenvalue weighted by atomic mass is 32.1. The summed E-state index contributed by atoms with van der Waals surface area (Å²) in [5, 5.41) is 13.0. The highest BCUT2D eigenvalue weighted by Gasteiger charge is 2.59. The van der Waals surface area contributed by atoms with Crippen LogP contribution in [0.2, 0.25) is 0 Å². The van der Waals surface area contributed by atoms with Crippen LogP contribution in [0.25, 0.3) is 0 Å². The Bertz CT molecular complexity index is 1210. The maximum atomic E-state index is 14.2. The number of rotatable bonds is 6. The Morgan fingerprint density at radius 2 is 2.00 bits per heavy atom. The van der Waals surface area contributed by atoms with Gasteiger partial charge in [-0.3, -0.25) is 4.79 Å². The SMILES string of the molecule is CC[C@@]1(C(=O)O)C[C@H](c2ccncn2)[C@H](c2nccs2)N1C(=O)c1ccc(C(C)(C)C)c(OC)c1. The first-order chi connectivity index (χ1) is 16.6. The molecule has 0 saturated carbocycles. The fraction of sp³-hybridized carbons (Fsp3) is 0.423. The average molecular weight is 495 g/mol. The van der Waals surface area contributed by atoms with Crippen molar-refractivity contribution in [1.82, 2.24) is 19.9 Å². The highest BCUT2D eigenvalue weighted by Crippen LogP contribution is 2.53. The molecule has 4 rings (SSSR count). The predicted octanol–water partition coefficient (Wildman–Crippen LogP) is 4.84. The van der Waals surface area contributed by atoms with Gasteiger partial charge < -0.3 is 14.7 Å². The number of thiazole rings is 1. The topological polar surface area (TPSA) is 106 Å². The molecule has 184 valence electrons. The van der Waals surface area contributed by atoms with E-state index in [1.165, 1.54) is 22.6 Å². The van der Waals surface area contributed by atoms with Crippen molar-refractivity contribution >= 4 is 23.2 Å². The molecular weight excluding hydrogens is 464 g/mol. The predicted molar refractivity (Wildman–Crippen MR) is 133 cm³/mol. The summed E-state index contributed by atoms with van der Waals surface area (Å²) in [5.41, 5.74) is 0.428. The fourth-order valence-electron chi connectivity index (χ4n) is 5.03. The minimum Gasteiger partial charge on any atom is -0.496 e. The number of carbonyl (C=O) groups is 2. The van der Waals surface area contributed by atoms with Crippen molar-refractivity contribution in [2.24, 2.45) is 0 Å². The molecule has 1 amide bonds. The van der Waals surface area contributed by atoms with E-state index in [4.69, 9.17) is 4.74 Å². The summed E-state index contributed by atoms with van der Waals surface area (Å²) in [6, 6.07) is 6.55. The summed E-state index contributed by atoms with van der Waals surface area (Å²) in [4.78, 5) is 41.5. The average Bonchev–Trinajstić information content (AvgIpc) is 3.49. The van der Waals surface area contributed by atoms with Crippen LogP contribution in [0.3, 0.4) is 0 Å². The first-order valence-electron chi connectivity index (χ1n) is 11.5. The number of aliphatic carboxylic acids is 1. The molecule has 0 radical (unpaired) electrons. The number of likely N-dealkylation sites (tertiary alicyclic amines) is 1. The third-order valence-corrected chi connectivity index (χ3v) is 7.67. The number of amides is 1. The quantitative estimate of drug-likeness (QED) is 0.522. The molecule has 9 heteroatoms. The maximum Gasteiger partial charge on any atom is 0.329 e. The van der Waals surface area contributed by atoms with Crippen molar-refractivity contribution in [2.75, 3.05) is 7.11 Å². The number of carbonyl (C=O) groups excluding carboxylic acids is 1. The lowest BCUT2D eigenvalue weighted by molar-refractivity contribution is -0.149. The number of nitrogens with zero attached hydrogens (tertiary/aromatic N) is 4. The van der Waals surface area contributed by atoms with Crippen molar-refractivity contribution < 1.29 is 19.4 Å². The number of carboxylic acid groups (broad SMARTS) is 1. The van der Waals surface area contributed by atoms with Gasteiger partial charge in [0.15, 0.2) is 0 Å². The summed E-state index contributed by atoms with van der Waals surface area (Å²) < 4.78 is 5.63. The van der Waals surface area contributed by atoms with Crippen LogP contribution in [0.15, 0.2) is 48.4 Å². The first-order valence-corrected chi connectivity index (χ1v) is 12.4. The van der Waals surface area contributed by atoms with Crippen molar-refractivity contribution in [3.8, 4) is 5.75 Å². The van der Waals surface area contributed by atoms with E-state index in [-0.39, 0.29) is 30.1 Å². The van der Waals surface area contributed by atoms with Crippen molar-refractivity contribution in [1.29, 1.82) is 0 Å². The lowest BCUT2D eigenvalue weighted by atomic mass is 9.85. The van der Waals surface area contributed by atoms with Crippen molar-refractivity contribution in [2.45, 2.75) is 63.5 Å². The number of hydrogen-bond donors (Lipinski definition) is 1. The summed E-state index contributed by atoms with van der Waals surface area (Å²) in [7, 11) is 1.58. The smallest absolute Gasteiger partial charge is 0.329 e. The first kappa shape index (κ1) is 24.8. The third-order valence-electron chi connectivity index (χ3n) is 6.83. The number of carboxylic acids is 1. The van der Waals surface area contributed by atoms with Crippen LogP contribution in [-0.2, 0) is 10.2 Å². The normalized spacial score (nSPS) is 22.3. The number of benzene rings is 1. The van der Waals surface area contributed by atoms with Crippen LogP contribution in [0.5, 0.6) is 5.75 Å². The number of aromatic nitrogens is 3. The van der Waals surface area contributed by atoms with Gasteiger partial charge in [-0.2, -0.15) is 0 Å². The Morgan fingerprint density at radius 1 is 1.23 bits per heavy atom. The lowest BCUT2D eigenvalue weighted by Crippen LogP contribution is -2.53. The van der Waals surface area contributed by atoms with Gasteiger partial charge in [0, 0.05) is 34.9 Å². The van der Waals surface area contributed by atoms with Gasteiger partial charge >= 0.3 is 5.97 Å². The van der Waals surface area contributed by atoms with E-state index in [9.17, 15) is 14.7 Å². The van der Waals surface area contributed by atoms with E-state index in [2.05, 4.69) is 35.7 Å². The second kappa shape index (κ2) is 9.37. The molecule has 3 heterocycles. The zero-order chi connectivity index (χ0) is 25.4. The van der Waals surface area contributed by atoms with Gasteiger partial charge in [0.1, 0.15) is 22.6 Å². The Labute approximate surface area is 209 Å². The molecular formula is C26H30N4O4S. The van der Waals surface area contributed by atoms with Crippen LogP contribution in [0.4, 0.5) is 0 Å². The molecule has 35 heavy (non-hydrogen) atoms. The van der Waals surface area contributed by atoms with E-state index in [1.54, 1.807) is 44.6 Å². The third kappa shape index (κ3) is 4.29. The van der Waals surface area contributed by atoms with Gasteiger partial charge in [0.2, 0.25) is 0 Å². The Hall–Kier alpha value is -3.33. The lowest BCUT2D eigenvalue weighted by Gasteiger charge is -2.37. The molecule has 1 aliphatic heterocycles. The molecule has 2 aromatic heterocycles. The molecule has 0 aliphatic carbocycles. The van der Waals surface area contributed by atoms with Crippen LogP contribution in [0, 0.1) is 0 Å². The van der Waals surface area contributed by atoms with Gasteiger partial charge in [0.05, 0.1) is 13.2 Å². The molecule has 0 unspecified atom stereocenters. The summed E-state index contributed by atoms with van der Waals surface area (Å²) in [6.07, 6.45) is 5.23. The van der Waals surface area contributed by atoms with Gasteiger partial charge in [-0.1, -0.05) is 33.8 Å². The second-order valence-corrected chi connectivity index (χ2v) is 10.7. The minimum atomic E-state index is -1.42. The number of ether oxygens (including phenoxy) is 1. The maximum absolute atomic E-state index is 14.2. The highest BCUT2D eigenvalue weighted by molar-refractivity contribution is 7.09. The Balaban J connectivity index is 1.89. The van der Waals surface area contributed by atoms with E-state index in [0.29, 0.717) is 22.0 Å². The number of methoxy groups -OCH3 is 1. The van der Waals surface area contributed by atoms with Crippen LogP contribution < -0.4 is 4.74 Å². The molecule has 0 spiro atoms. The molecule has 8 nitrogen and oxygen atoms in total. The second-order valence-electron chi connectivity index (χ2n) is 9.79. The van der Waals surface area contributed by atoms with E-state index in [0.717, 1.165) is 5.56 Å². The largest absolute Gasteiger partial charge is 0.496 e. The molecule has 1 aromatic carbocycles. The van der Waals surface area contributed by atoms with Gasteiger partial charge in [-0.05, 0) is 42.0 Å². The van der Waals surface area contributed by atoms with E-state index < -0.39 is 17.6 Å². The molecule has 3 atom stereocenters. The van der Waals surface area contributed by atoms with E-state index >= 15 is 0 Å². The standard InChI is InChI=1S/C26H30N4O4S/c1-6-26(24(32)33)14-17(19-9-10-27-15-29-19)21(22-28-11-12-35-22)30(26)23(31)16-7-8-18(25(2,3)4)20(13-16)34-5/h7-13,15,17,21H,6,14H2,1-5H3,(H,32,33)/t17-,21-,26+/m1/s1. The number of hydrogen-bond acceptors (Lipinski definition) is 7. The van der Waals surface area contributed by atoms with Crippen molar-refractivity contribution in [3.63, 3.8) is 0 Å². The molecule has 1 saturated heterocycles. The van der Waals surface area contributed by atoms with E-state index in [1.807, 2.05) is 11.4 Å². The van der Waals surface area contributed by atoms with Crippen LogP contribution in [0.1, 0.15) is 79.1 Å². The van der Waals surface area contributed by atoms with Crippen LogP contribution in [-0.4, -0.2) is 49.5 Å². The van der Waals surface area contributed by atoms with Crippen LogP contribution >= 0.6 is 11.3 Å². The van der Waals surface area contributed by atoms with Crippen molar-refractivity contribution in [3.05, 3.63) is 70.2 Å². The summed E-state index contributed by atoms with van der Waals surface area (Å²) >= 11 is 1.41. The Kier molecular flexibility index (Phi) is 6.64. The monoisotopic (exact) mass is 494 g/mol. The Morgan fingerprint density at radius 3 is 2.54 bits per heavy atom. The molecule has 3 aromatic rings. The zero-order valence-electron chi connectivity index (χ0n) is 20.6.